The number of allylic oxidation sites excluding steroid dienone is 4. The van der Waals surface area contributed by atoms with Gasteiger partial charge in [0.25, 0.3) is 0 Å². The SMILES string of the molecule is CC(/C=C/[C@H](Cl)[C@@](C)(Cl)CBr)=C\C=O. The van der Waals surface area contributed by atoms with E-state index in [0.717, 1.165) is 11.9 Å². The van der Waals surface area contributed by atoms with E-state index in [1.165, 1.54) is 6.08 Å². The first-order chi connectivity index (χ1) is 6.44. The van der Waals surface area contributed by atoms with Crippen LogP contribution >= 0.6 is 39.1 Å². The van der Waals surface area contributed by atoms with Crippen molar-refractivity contribution in [1.82, 2.24) is 0 Å². The van der Waals surface area contributed by atoms with Crippen LogP contribution in [0.3, 0.4) is 0 Å². The molecule has 0 aromatic heterocycles. The van der Waals surface area contributed by atoms with Crippen molar-refractivity contribution in [2.75, 3.05) is 5.33 Å². The van der Waals surface area contributed by atoms with Gasteiger partial charge in [-0.05, 0) is 25.5 Å². The normalized spacial score (nSPS) is 19.4. The molecule has 1 nitrogen and oxygen atoms in total. The van der Waals surface area contributed by atoms with E-state index in [1.54, 1.807) is 12.2 Å². The smallest absolute Gasteiger partial charge is 0.143 e. The van der Waals surface area contributed by atoms with Gasteiger partial charge in [0.1, 0.15) is 6.29 Å². The van der Waals surface area contributed by atoms with Crippen molar-refractivity contribution in [2.24, 2.45) is 0 Å². The maximum absolute atomic E-state index is 10.1. The van der Waals surface area contributed by atoms with Crippen LogP contribution in [0.15, 0.2) is 23.8 Å². The van der Waals surface area contributed by atoms with E-state index >= 15 is 0 Å². The quantitative estimate of drug-likeness (QED) is 0.327. The topological polar surface area (TPSA) is 17.1 Å². The fraction of sp³-hybridized carbons (Fsp3) is 0.500. The first-order valence-electron chi connectivity index (χ1n) is 4.13. The molecule has 0 aliphatic rings. The maximum atomic E-state index is 10.1. The lowest BCUT2D eigenvalue weighted by molar-refractivity contribution is -0.104. The first kappa shape index (κ1) is 14.2. The zero-order valence-electron chi connectivity index (χ0n) is 8.14. The number of aldehydes is 1. The van der Waals surface area contributed by atoms with Gasteiger partial charge in [-0.15, -0.1) is 23.2 Å². The molecule has 0 spiro atoms. The van der Waals surface area contributed by atoms with E-state index < -0.39 is 4.87 Å². The van der Waals surface area contributed by atoms with Crippen LogP contribution in [0.5, 0.6) is 0 Å². The van der Waals surface area contributed by atoms with E-state index in [4.69, 9.17) is 23.2 Å². The van der Waals surface area contributed by atoms with Gasteiger partial charge in [-0.25, -0.2) is 0 Å². The summed E-state index contributed by atoms with van der Waals surface area (Å²) in [5, 5.41) is 0.329. The Labute approximate surface area is 103 Å². The molecule has 0 radical (unpaired) electrons. The van der Waals surface area contributed by atoms with Crippen LogP contribution < -0.4 is 0 Å². The summed E-state index contributed by atoms with van der Waals surface area (Å²) in [4.78, 5) is 9.62. The van der Waals surface area contributed by atoms with E-state index in [0.29, 0.717) is 5.33 Å². The van der Waals surface area contributed by atoms with Gasteiger partial charge in [0.15, 0.2) is 0 Å². The summed E-state index contributed by atoms with van der Waals surface area (Å²) >= 11 is 15.5. The third-order valence-electron chi connectivity index (χ3n) is 1.70. The maximum Gasteiger partial charge on any atom is 0.143 e. The monoisotopic (exact) mass is 298 g/mol. The summed E-state index contributed by atoms with van der Waals surface area (Å²) in [6.45, 7) is 3.68. The molecular formula is C10H13BrCl2O. The Kier molecular flexibility index (Phi) is 6.75. The first-order valence-corrected chi connectivity index (χ1v) is 6.07. The average molecular weight is 300 g/mol. The molecule has 0 heterocycles. The standard InChI is InChI=1S/C10H13BrCl2O/c1-8(5-6-14)3-4-9(12)10(2,13)7-11/h3-6,9H,7H2,1-2H3/b4-3+,8-5+/t9-,10-/m0/s1. The summed E-state index contributed by atoms with van der Waals surface area (Å²) in [7, 11) is 0. The van der Waals surface area contributed by atoms with Gasteiger partial charge < -0.3 is 0 Å². The molecule has 0 aromatic carbocycles. The van der Waals surface area contributed by atoms with Crippen molar-refractivity contribution < 1.29 is 4.79 Å². The molecule has 0 rings (SSSR count). The zero-order valence-corrected chi connectivity index (χ0v) is 11.2. The molecule has 0 fully saturated rings. The molecule has 0 unspecified atom stereocenters. The fourth-order valence-corrected chi connectivity index (χ4v) is 1.43. The number of hydrogen-bond acceptors (Lipinski definition) is 1. The van der Waals surface area contributed by atoms with Gasteiger partial charge in [0.2, 0.25) is 0 Å². The number of hydrogen-bond donors (Lipinski definition) is 0. The Morgan fingerprint density at radius 3 is 2.64 bits per heavy atom. The molecule has 0 aromatic rings. The van der Waals surface area contributed by atoms with Crippen LogP contribution in [-0.2, 0) is 4.79 Å². The number of carbonyl (C=O) groups is 1. The lowest BCUT2D eigenvalue weighted by Gasteiger charge is -2.22. The van der Waals surface area contributed by atoms with Crippen molar-refractivity contribution in [3.05, 3.63) is 23.8 Å². The van der Waals surface area contributed by atoms with Crippen LogP contribution in [-0.4, -0.2) is 21.9 Å². The van der Waals surface area contributed by atoms with E-state index in [1.807, 2.05) is 13.8 Å². The molecule has 4 heteroatoms. The molecule has 14 heavy (non-hydrogen) atoms. The van der Waals surface area contributed by atoms with Gasteiger partial charge in [-0.1, -0.05) is 28.1 Å². The Balaban J connectivity index is 4.38. The third-order valence-corrected chi connectivity index (χ3v) is 4.29. The number of halogens is 3. The van der Waals surface area contributed by atoms with Crippen molar-refractivity contribution in [3.8, 4) is 0 Å². The average Bonchev–Trinajstić information content (AvgIpc) is 2.14. The summed E-state index contributed by atoms with van der Waals surface area (Å²) < 4.78 is 0. The van der Waals surface area contributed by atoms with Gasteiger partial charge >= 0.3 is 0 Å². The molecule has 0 N–H and O–H groups in total. The van der Waals surface area contributed by atoms with Gasteiger partial charge in [0, 0.05) is 5.33 Å². The minimum atomic E-state index is -0.514. The molecular weight excluding hydrogens is 287 g/mol. The fourth-order valence-electron chi connectivity index (χ4n) is 0.673. The summed E-state index contributed by atoms with van der Waals surface area (Å²) in [5.41, 5.74) is 0.854. The van der Waals surface area contributed by atoms with Crippen LogP contribution in [0, 0.1) is 0 Å². The lowest BCUT2D eigenvalue weighted by Crippen LogP contribution is -2.29. The highest BCUT2D eigenvalue weighted by molar-refractivity contribution is 9.09. The third kappa shape index (κ3) is 5.18. The van der Waals surface area contributed by atoms with Crippen molar-refractivity contribution in [2.45, 2.75) is 24.1 Å². The summed E-state index contributed by atoms with van der Waals surface area (Å²) in [5.74, 6) is 0. The molecule has 2 atom stereocenters. The van der Waals surface area contributed by atoms with E-state index in [9.17, 15) is 4.79 Å². The molecule has 0 aliphatic heterocycles. The van der Waals surface area contributed by atoms with Crippen LogP contribution in [0.25, 0.3) is 0 Å². The second-order valence-electron chi connectivity index (χ2n) is 3.22. The van der Waals surface area contributed by atoms with Gasteiger partial charge in [0.05, 0.1) is 10.3 Å². The van der Waals surface area contributed by atoms with Gasteiger partial charge in [-0.2, -0.15) is 0 Å². The van der Waals surface area contributed by atoms with Crippen LogP contribution in [0.4, 0.5) is 0 Å². The highest BCUT2D eigenvalue weighted by Gasteiger charge is 2.27. The number of carbonyl (C=O) groups excluding carboxylic acids is 1. The Morgan fingerprint density at radius 1 is 1.64 bits per heavy atom. The lowest BCUT2D eigenvalue weighted by atomic mass is 10.1. The highest BCUT2D eigenvalue weighted by Crippen LogP contribution is 2.27. The summed E-state index contributed by atoms with van der Waals surface area (Å²) in [6.07, 6.45) is 5.79. The second-order valence-corrected chi connectivity index (χ2v) is 5.11. The highest BCUT2D eigenvalue weighted by atomic mass is 79.9. The second kappa shape index (κ2) is 6.65. The Hall–Kier alpha value is 0.210. The molecule has 0 amide bonds. The largest absolute Gasteiger partial charge is 0.299 e. The molecule has 0 bridgehead atoms. The molecule has 0 saturated heterocycles. The minimum Gasteiger partial charge on any atom is -0.299 e. The number of rotatable bonds is 5. The van der Waals surface area contributed by atoms with Gasteiger partial charge in [-0.3, -0.25) is 4.79 Å². The predicted octanol–water partition coefficient (Wildman–Crippen LogP) is 3.69. The van der Waals surface area contributed by atoms with Crippen LogP contribution in [0.1, 0.15) is 13.8 Å². The van der Waals surface area contributed by atoms with E-state index in [-0.39, 0.29) is 5.38 Å². The van der Waals surface area contributed by atoms with Crippen LogP contribution in [0.2, 0.25) is 0 Å². The molecule has 0 aliphatic carbocycles. The summed E-state index contributed by atoms with van der Waals surface area (Å²) in [6, 6.07) is 0. The molecule has 80 valence electrons. The van der Waals surface area contributed by atoms with Crippen molar-refractivity contribution in [1.29, 1.82) is 0 Å². The van der Waals surface area contributed by atoms with Crippen molar-refractivity contribution >= 4 is 45.4 Å². The zero-order chi connectivity index (χ0) is 11.2. The van der Waals surface area contributed by atoms with Crippen molar-refractivity contribution in [3.63, 3.8) is 0 Å². The number of alkyl halides is 3. The Morgan fingerprint density at radius 2 is 2.21 bits per heavy atom. The van der Waals surface area contributed by atoms with E-state index in [2.05, 4.69) is 15.9 Å². The predicted molar refractivity (Wildman–Crippen MR) is 66.7 cm³/mol. The minimum absolute atomic E-state index is 0.279. The Bertz CT molecular complexity index is 247. The molecule has 0 saturated carbocycles.